The molecule has 0 radical (unpaired) electrons. The van der Waals surface area contributed by atoms with Crippen LogP contribution in [-0.4, -0.2) is 42.8 Å². The Balaban J connectivity index is 2.83. The van der Waals surface area contributed by atoms with Crippen molar-refractivity contribution in [1.82, 2.24) is 4.90 Å². The van der Waals surface area contributed by atoms with Gasteiger partial charge in [-0.1, -0.05) is 27.7 Å². The van der Waals surface area contributed by atoms with Gasteiger partial charge in [-0.3, -0.25) is 4.90 Å². The number of likely N-dealkylation sites (N-methyl/N-ethyl adjacent to an activating group) is 1. The molecule has 0 aromatic carbocycles. The number of hydrogen-bond donors (Lipinski definition) is 1. The molecule has 1 saturated heterocycles. The van der Waals surface area contributed by atoms with E-state index in [1.54, 1.807) is 0 Å². The van der Waals surface area contributed by atoms with E-state index in [2.05, 4.69) is 39.6 Å². The highest BCUT2D eigenvalue weighted by Crippen LogP contribution is 2.34. The van der Waals surface area contributed by atoms with Crippen molar-refractivity contribution in [1.29, 1.82) is 0 Å². The minimum Gasteiger partial charge on any atom is -0.378 e. The molecule has 2 atom stereocenters. The third-order valence-electron chi connectivity index (χ3n) is 4.84. The summed E-state index contributed by atoms with van der Waals surface area (Å²) in [7, 11) is 2.26. The zero-order chi connectivity index (χ0) is 13.8. The van der Waals surface area contributed by atoms with Crippen molar-refractivity contribution in [2.75, 3.05) is 20.2 Å². The first kappa shape index (κ1) is 15.9. The third kappa shape index (κ3) is 3.25. The molecule has 1 fully saturated rings. The van der Waals surface area contributed by atoms with Gasteiger partial charge in [0.15, 0.2) is 0 Å². The van der Waals surface area contributed by atoms with Crippen LogP contribution in [0.4, 0.5) is 0 Å². The number of rotatable bonds is 6. The van der Waals surface area contributed by atoms with Crippen LogP contribution in [-0.2, 0) is 4.74 Å². The monoisotopic (exact) mass is 256 g/mol. The molecule has 3 nitrogen and oxygen atoms in total. The molecule has 0 bridgehead atoms. The molecule has 0 aromatic heterocycles. The zero-order valence-electron chi connectivity index (χ0n) is 12.9. The summed E-state index contributed by atoms with van der Waals surface area (Å²) in [5.41, 5.74) is 6.29. The molecule has 1 heterocycles. The fraction of sp³-hybridized carbons (Fsp3) is 1.00. The molecule has 0 aromatic rings. The zero-order valence-corrected chi connectivity index (χ0v) is 12.9. The van der Waals surface area contributed by atoms with Crippen molar-refractivity contribution in [3.8, 4) is 0 Å². The van der Waals surface area contributed by atoms with Gasteiger partial charge in [0, 0.05) is 24.7 Å². The van der Waals surface area contributed by atoms with E-state index in [-0.39, 0.29) is 5.54 Å². The molecule has 18 heavy (non-hydrogen) atoms. The van der Waals surface area contributed by atoms with Crippen LogP contribution in [0.5, 0.6) is 0 Å². The second kappa shape index (κ2) is 6.88. The Bertz CT molecular complexity index is 241. The standard InChI is InChI=1S/C15H32N2O/c1-6-13(7-2)17(5)15(11-16)8-9-18-14(10-15)12(3)4/h12-14H,6-11,16H2,1-5H3. The Morgan fingerprint density at radius 1 is 1.33 bits per heavy atom. The van der Waals surface area contributed by atoms with Gasteiger partial charge in [0.25, 0.3) is 0 Å². The van der Waals surface area contributed by atoms with Crippen molar-refractivity contribution < 1.29 is 4.74 Å². The third-order valence-corrected chi connectivity index (χ3v) is 4.84. The molecule has 1 rings (SSSR count). The highest BCUT2D eigenvalue weighted by Gasteiger charge is 2.41. The van der Waals surface area contributed by atoms with Gasteiger partial charge in [-0.2, -0.15) is 0 Å². The van der Waals surface area contributed by atoms with Gasteiger partial charge in [-0.15, -0.1) is 0 Å². The summed E-state index contributed by atoms with van der Waals surface area (Å²) >= 11 is 0. The van der Waals surface area contributed by atoms with Crippen LogP contribution in [0.25, 0.3) is 0 Å². The minimum atomic E-state index is 0.143. The van der Waals surface area contributed by atoms with Crippen molar-refractivity contribution >= 4 is 0 Å². The summed E-state index contributed by atoms with van der Waals surface area (Å²) in [5.74, 6) is 0.575. The molecular weight excluding hydrogens is 224 g/mol. The molecule has 0 amide bonds. The van der Waals surface area contributed by atoms with Crippen LogP contribution in [0.15, 0.2) is 0 Å². The maximum absolute atomic E-state index is 6.15. The molecule has 0 spiro atoms. The fourth-order valence-corrected chi connectivity index (χ4v) is 3.24. The molecule has 2 N–H and O–H groups in total. The average Bonchev–Trinajstić information content (AvgIpc) is 2.39. The Kier molecular flexibility index (Phi) is 6.09. The highest BCUT2D eigenvalue weighted by atomic mass is 16.5. The van der Waals surface area contributed by atoms with E-state index >= 15 is 0 Å². The summed E-state index contributed by atoms with van der Waals surface area (Å²) < 4.78 is 5.91. The molecular formula is C15H32N2O. The summed E-state index contributed by atoms with van der Waals surface area (Å²) in [6.07, 6.45) is 4.90. The van der Waals surface area contributed by atoms with Gasteiger partial charge in [0.05, 0.1) is 6.10 Å². The Labute approximate surface area is 113 Å². The van der Waals surface area contributed by atoms with Crippen LogP contribution >= 0.6 is 0 Å². The second-order valence-electron chi connectivity index (χ2n) is 6.12. The highest BCUT2D eigenvalue weighted by molar-refractivity contribution is 4.97. The van der Waals surface area contributed by atoms with Gasteiger partial charge in [-0.25, -0.2) is 0 Å². The maximum Gasteiger partial charge on any atom is 0.0616 e. The van der Waals surface area contributed by atoms with E-state index in [0.717, 1.165) is 26.0 Å². The fourth-order valence-electron chi connectivity index (χ4n) is 3.24. The summed E-state index contributed by atoms with van der Waals surface area (Å²) in [5, 5.41) is 0. The Morgan fingerprint density at radius 2 is 1.94 bits per heavy atom. The first-order chi connectivity index (χ1) is 8.50. The van der Waals surface area contributed by atoms with Crippen molar-refractivity contribution in [3.05, 3.63) is 0 Å². The second-order valence-corrected chi connectivity index (χ2v) is 6.12. The predicted molar refractivity (Wildman–Crippen MR) is 77.7 cm³/mol. The molecule has 3 heteroatoms. The van der Waals surface area contributed by atoms with Gasteiger partial charge >= 0.3 is 0 Å². The van der Waals surface area contributed by atoms with Crippen molar-refractivity contribution in [2.45, 2.75) is 71.1 Å². The number of nitrogens with zero attached hydrogens (tertiary/aromatic N) is 1. The van der Waals surface area contributed by atoms with Crippen LogP contribution in [0.1, 0.15) is 53.4 Å². The lowest BCUT2D eigenvalue weighted by Gasteiger charge is -2.50. The van der Waals surface area contributed by atoms with Crippen LogP contribution in [0, 0.1) is 5.92 Å². The smallest absolute Gasteiger partial charge is 0.0616 e. The number of ether oxygens (including phenoxy) is 1. The van der Waals surface area contributed by atoms with E-state index < -0.39 is 0 Å². The summed E-state index contributed by atoms with van der Waals surface area (Å²) in [4.78, 5) is 2.55. The maximum atomic E-state index is 6.15. The van der Waals surface area contributed by atoms with Gasteiger partial charge in [0.1, 0.15) is 0 Å². The van der Waals surface area contributed by atoms with Gasteiger partial charge in [-0.05, 0) is 38.6 Å². The van der Waals surface area contributed by atoms with E-state index in [1.165, 1.54) is 12.8 Å². The predicted octanol–water partition coefficient (Wildman–Crippen LogP) is 2.64. The lowest BCUT2D eigenvalue weighted by atomic mass is 9.81. The molecule has 2 unspecified atom stereocenters. The van der Waals surface area contributed by atoms with Gasteiger partial charge < -0.3 is 10.5 Å². The van der Waals surface area contributed by atoms with Crippen LogP contribution < -0.4 is 5.73 Å². The first-order valence-corrected chi connectivity index (χ1v) is 7.55. The SMILES string of the molecule is CCC(CC)N(C)C1(CN)CCOC(C(C)C)C1. The van der Waals surface area contributed by atoms with Crippen molar-refractivity contribution in [3.63, 3.8) is 0 Å². The average molecular weight is 256 g/mol. The number of nitrogens with two attached hydrogens (primary N) is 1. The Hall–Kier alpha value is -0.120. The van der Waals surface area contributed by atoms with E-state index in [4.69, 9.17) is 10.5 Å². The van der Waals surface area contributed by atoms with Crippen molar-refractivity contribution in [2.24, 2.45) is 11.7 Å². The molecule has 0 saturated carbocycles. The topological polar surface area (TPSA) is 38.5 Å². The van der Waals surface area contributed by atoms with Crippen LogP contribution in [0.3, 0.4) is 0 Å². The first-order valence-electron chi connectivity index (χ1n) is 7.55. The minimum absolute atomic E-state index is 0.143. The quantitative estimate of drug-likeness (QED) is 0.794. The lowest BCUT2D eigenvalue weighted by molar-refractivity contribution is -0.0915. The normalized spacial score (nSPS) is 29.5. The van der Waals surface area contributed by atoms with E-state index in [9.17, 15) is 0 Å². The summed E-state index contributed by atoms with van der Waals surface area (Å²) in [6, 6.07) is 0.638. The molecule has 0 aliphatic carbocycles. The largest absolute Gasteiger partial charge is 0.378 e. The lowest BCUT2D eigenvalue weighted by Crippen LogP contribution is -2.60. The Morgan fingerprint density at radius 3 is 2.39 bits per heavy atom. The van der Waals surface area contributed by atoms with E-state index in [0.29, 0.717) is 18.1 Å². The number of hydrogen-bond acceptors (Lipinski definition) is 3. The molecule has 1 aliphatic heterocycles. The molecule has 1 aliphatic rings. The molecule has 108 valence electrons. The summed E-state index contributed by atoms with van der Waals surface area (Å²) in [6.45, 7) is 10.6. The van der Waals surface area contributed by atoms with Crippen LogP contribution in [0.2, 0.25) is 0 Å². The van der Waals surface area contributed by atoms with E-state index in [1.807, 2.05) is 0 Å². The van der Waals surface area contributed by atoms with Gasteiger partial charge in [0.2, 0.25) is 0 Å².